The second kappa shape index (κ2) is 14.1. The van der Waals surface area contributed by atoms with Gasteiger partial charge in [0, 0.05) is 0 Å². The third kappa shape index (κ3) is 12.1. The normalized spacial score (nSPS) is 14.6. The van der Waals surface area contributed by atoms with Gasteiger partial charge in [-0.05, 0) is 12.8 Å². The molecular formula is C14H29KO4S. The van der Waals surface area contributed by atoms with E-state index in [0.29, 0.717) is 19.3 Å². The van der Waals surface area contributed by atoms with Gasteiger partial charge in [-0.15, -0.1) is 0 Å². The fourth-order valence-corrected chi connectivity index (χ4v) is 3.24. The third-order valence-electron chi connectivity index (χ3n) is 3.50. The molecule has 1 N–H and O–H groups in total. The van der Waals surface area contributed by atoms with Crippen molar-refractivity contribution < 1.29 is 69.5 Å². The minimum Gasteiger partial charge on any atom is -0.748 e. The molecule has 0 aliphatic carbocycles. The van der Waals surface area contributed by atoms with Crippen molar-refractivity contribution in [3.05, 3.63) is 0 Å². The largest absolute Gasteiger partial charge is 1.00 e. The van der Waals surface area contributed by atoms with Gasteiger partial charge < -0.3 is 9.66 Å². The summed E-state index contributed by atoms with van der Waals surface area (Å²) in [5, 5.41) is 8.80. The molecule has 4 nitrogen and oxygen atoms in total. The van der Waals surface area contributed by atoms with Crippen molar-refractivity contribution in [2.75, 3.05) is 0 Å². The molecule has 2 atom stereocenters. The van der Waals surface area contributed by atoms with E-state index in [0.717, 1.165) is 44.9 Å². The van der Waals surface area contributed by atoms with Crippen molar-refractivity contribution in [1.29, 1.82) is 0 Å². The van der Waals surface area contributed by atoms with Crippen LogP contribution in [0.3, 0.4) is 0 Å². The standard InChI is InChI=1S/C14H30O4S.K/c1-3-5-7-9-11-13(15)14(19(16,17)18)12-10-8-6-4-2;/h13-15H,3-12H2,1-2H3,(H,16,17,18);/q;+1/p-1. The van der Waals surface area contributed by atoms with Crippen LogP contribution in [0.4, 0.5) is 0 Å². The second-order valence-corrected chi connectivity index (χ2v) is 6.89. The molecule has 0 spiro atoms. The predicted molar refractivity (Wildman–Crippen MR) is 77.0 cm³/mol. The maximum absolute atomic E-state index is 11.2. The summed E-state index contributed by atoms with van der Waals surface area (Å²) in [5.74, 6) is 0. The van der Waals surface area contributed by atoms with Crippen LogP contribution in [0, 0.1) is 0 Å². The molecule has 0 aromatic heterocycles. The zero-order chi connectivity index (χ0) is 14.7. The minimum atomic E-state index is -4.39. The number of hydrogen-bond donors (Lipinski definition) is 1. The smallest absolute Gasteiger partial charge is 0.748 e. The molecule has 0 aliphatic rings. The molecule has 0 fully saturated rings. The Morgan fingerprint density at radius 2 is 1.35 bits per heavy atom. The number of aliphatic hydroxyl groups excluding tert-OH is 1. The summed E-state index contributed by atoms with van der Waals surface area (Å²) < 4.78 is 33.6. The van der Waals surface area contributed by atoms with Crippen LogP contribution in [-0.2, 0) is 10.1 Å². The van der Waals surface area contributed by atoms with Gasteiger partial charge in [0.1, 0.15) is 10.1 Å². The number of rotatable bonds is 12. The monoisotopic (exact) mass is 332 g/mol. The summed E-state index contributed by atoms with van der Waals surface area (Å²) in [4.78, 5) is 0. The summed E-state index contributed by atoms with van der Waals surface area (Å²) in [6.45, 7) is 4.17. The van der Waals surface area contributed by atoms with E-state index in [2.05, 4.69) is 13.8 Å². The van der Waals surface area contributed by atoms with Gasteiger partial charge in [-0.2, -0.15) is 0 Å². The fraction of sp³-hybridized carbons (Fsp3) is 1.00. The van der Waals surface area contributed by atoms with E-state index in [1.165, 1.54) is 0 Å². The quantitative estimate of drug-likeness (QED) is 0.315. The van der Waals surface area contributed by atoms with Crippen molar-refractivity contribution >= 4 is 10.1 Å². The molecular weight excluding hydrogens is 303 g/mol. The Labute approximate surface area is 167 Å². The molecule has 0 aliphatic heterocycles. The first-order chi connectivity index (χ1) is 8.93. The second-order valence-electron chi connectivity index (χ2n) is 5.30. The van der Waals surface area contributed by atoms with Crippen LogP contribution in [0.1, 0.15) is 78.1 Å². The molecule has 0 rings (SSSR count). The summed E-state index contributed by atoms with van der Waals surface area (Å²) in [6, 6.07) is 0. The summed E-state index contributed by atoms with van der Waals surface area (Å²) in [6.07, 6.45) is 7.38. The molecule has 0 saturated carbocycles. The number of hydrogen-bond acceptors (Lipinski definition) is 4. The van der Waals surface area contributed by atoms with Gasteiger partial charge >= 0.3 is 51.4 Å². The van der Waals surface area contributed by atoms with Gasteiger partial charge in [0.15, 0.2) is 0 Å². The maximum Gasteiger partial charge on any atom is 1.00 e. The van der Waals surface area contributed by atoms with Crippen molar-refractivity contribution in [1.82, 2.24) is 0 Å². The molecule has 0 saturated heterocycles. The number of unbranched alkanes of at least 4 members (excludes halogenated alkanes) is 6. The molecule has 0 amide bonds. The molecule has 6 heteroatoms. The van der Waals surface area contributed by atoms with E-state index in [-0.39, 0.29) is 51.4 Å². The first-order valence-electron chi connectivity index (χ1n) is 7.56. The van der Waals surface area contributed by atoms with Crippen molar-refractivity contribution in [2.24, 2.45) is 0 Å². The molecule has 0 bridgehead atoms. The van der Waals surface area contributed by atoms with Crippen LogP contribution < -0.4 is 51.4 Å². The van der Waals surface area contributed by atoms with Gasteiger partial charge in [0.25, 0.3) is 0 Å². The molecule has 20 heavy (non-hydrogen) atoms. The van der Waals surface area contributed by atoms with Crippen molar-refractivity contribution in [3.8, 4) is 0 Å². The Hall–Kier alpha value is 1.51. The summed E-state index contributed by atoms with van der Waals surface area (Å²) >= 11 is 0. The van der Waals surface area contributed by atoms with Crippen LogP contribution in [0.5, 0.6) is 0 Å². The molecule has 0 radical (unpaired) electrons. The van der Waals surface area contributed by atoms with Crippen molar-refractivity contribution in [3.63, 3.8) is 0 Å². The van der Waals surface area contributed by atoms with Crippen LogP contribution in [0.2, 0.25) is 0 Å². The van der Waals surface area contributed by atoms with E-state index in [4.69, 9.17) is 0 Å². The molecule has 0 aromatic rings. The van der Waals surface area contributed by atoms with E-state index >= 15 is 0 Å². The summed E-state index contributed by atoms with van der Waals surface area (Å²) in [7, 11) is -4.39. The molecule has 0 heterocycles. The topological polar surface area (TPSA) is 77.4 Å². The fourth-order valence-electron chi connectivity index (χ4n) is 2.27. The van der Waals surface area contributed by atoms with E-state index in [1.807, 2.05) is 0 Å². The van der Waals surface area contributed by atoms with Gasteiger partial charge in [-0.1, -0.05) is 65.2 Å². The van der Waals surface area contributed by atoms with Gasteiger partial charge in [0.05, 0.1) is 11.4 Å². The third-order valence-corrected chi connectivity index (χ3v) is 4.79. The zero-order valence-electron chi connectivity index (χ0n) is 13.3. The molecule has 0 aromatic carbocycles. The van der Waals surface area contributed by atoms with E-state index in [9.17, 15) is 18.1 Å². The van der Waals surface area contributed by atoms with E-state index < -0.39 is 21.5 Å². The Morgan fingerprint density at radius 1 is 0.900 bits per heavy atom. The van der Waals surface area contributed by atoms with Crippen LogP contribution in [0.15, 0.2) is 0 Å². The Kier molecular flexibility index (Phi) is 16.8. The minimum absolute atomic E-state index is 0. The van der Waals surface area contributed by atoms with Crippen LogP contribution in [-0.4, -0.2) is 29.4 Å². The predicted octanol–water partition coefficient (Wildman–Crippen LogP) is 0.206. The van der Waals surface area contributed by atoms with Gasteiger partial charge in [-0.3, -0.25) is 0 Å². The maximum atomic E-state index is 11.2. The Balaban J connectivity index is 0. The van der Waals surface area contributed by atoms with Crippen LogP contribution >= 0.6 is 0 Å². The SMILES string of the molecule is CCCCCCC(O)C(CCCCCC)S(=O)(=O)[O-].[K+]. The molecule has 116 valence electrons. The average Bonchev–Trinajstić information content (AvgIpc) is 2.33. The van der Waals surface area contributed by atoms with Gasteiger partial charge in [-0.25, -0.2) is 8.42 Å². The zero-order valence-corrected chi connectivity index (χ0v) is 17.2. The number of aliphatic hydroxyl groups is 1. The first-order valence-corrected chi connectivity index (χ1v) is 9.03. The molecule has 2 unspecified atom stereocenters. The average molecular weight is 333 g/mol. The summed E-state index contributed by atoms with van der Waals surface area (Å²) in [5.41, 5.74) is 0. The van der Waals surface area contributed by atoms with Gasteiger partial charge in [0.2, 0.25) is 0 Å². The Bertz CT molecular complexity index is 306. The first kappa shape index (κ1) is 23.8. The van der Waals surface area contributed by atoms with Crippen molar-refractivity contribution in [2.45, 2.75) is 89.4 Å². The Morgan fingerprint density at radius 3 is 1.75 bits per heavy atom. The van der Waals surface area contributed by atoms with E-state index in [1.54, 1.807) is 0 Å². The van der Waals surface area contributed by atoms with Crippen LogP contribution in [0.25, 0.3) is 0 Å².